The number of nitriles is 1. The molecule has 7 atom stereocenters. The minimum absolute atomic E-state index is 0.0113. The molecule has 5 aliphatic carbocycles. The van der Waals surface area contributed by atoms with Gasteiger partial charge in [-0.25, -0.2) is 0 Å². The fourth-order valence-electron chi connectivity index (χ4n) is 10.3. The van der Waals surface area contributed by atoms with Crippen molar-refractivity contribution in [1.82, 2.24) is 5.32 Å². The summed E-state index contributed by atoms with van der Waals surface area (Å²) in [5, 5.41) is 12.8. The molecule has 2 unspecified atom stereocenters. The van der Waals surface area contributed by atoms with Gasteiger partial charge >= 0.3 is 0 Å². The van der Waals surface area contributed by atoms with Gasteiger partial charge in [-0.3, -0.25) is 14.4 Å². The predicted molar refractivity (Wildman–Crippen MR) is 143 cm³/mol. The first-order valence-electron chi connectivity index (χ1n) is 14.2. The number of allylic oxidation sites excluding steroid dienone is 4. The van der Waals surface area contributed by atoms with Crippen molar-refractivity contribution >= 4 is 17.5 Å². The lowest BCUT2D eigenvalue weighted by atomic mass is 9.34. The van der Waals surface area contributed by atoms with E-state index in [0.29, 0.717) is 0 Å². The predicted octanol–water partition coefficient (Wildman–Crippen LogP) is 5.95. The summed E-state index contributed by atoms with van der Waals surface area (Å²) < 4.78 is 0. The zero-order valence-electron chi connectivity index (χ0n) is 24.0. The van der Waals surface area contributed by atoms with Gasteiger partial charge in [-0.2, -0.15) is 5.26 Å². The number of ketones is 2. The minimum atomic E-state index is -0.661. The molecule has 5 rings (SSSR count). The standard InChI is InChI=1S/C32H44N2O3/c1-27(2)11-13-32(26(37)34-8)14-12-31(7)24(20(32)17-27)21(35)15-23-29(5)16-19(18-33)25(36)28(3,4)22(29)9-10-30(23,31)6/h15-16,20,22,24H,9-14,17H2,1-8H3,(H,34,37)/t20?,22-,24?,29-,30+,31+,32-/m0/s1. The molecule has 1 N–H and O–H groups in total. The van der Waals surface area contributed by atoms with Crippen LogP contribution in [0.25, 0.3) is 0 Å². The highest BCUT2D eigenvalue weighted by atomic mass is 16.2. The van der Waals surface area contributed by atoms with E-state index in [1.165, 1.54) is 0 Å². The van der Waals surface area contributed by atoms with Gasteiger partial charge in [-0.1, -0.05) is 60.1 Å². The van der Waals surface area contributed by atoms with Crippen molar-refractivity contribution in [2.75, 3.05) is 7.05 Å². The number of amides is 1. The summed E-state index contributed by atoms with van der Waals surface area (Å²) in [5.74, 6) is 0.0213. The molecule has 0 spiro atoms. The fourth-order valence-corrected chi connectivity index (χ4v) is 10.3. The Hall–Kier alpha value is -2.22. The average Bonchev–Trinajstić information content (AvgIpc) is 2.82. The number of rotatable bonds is 1. The normalized spacial score (nSPS) is 45.6. The summed E-state index contributed by atoms with van der Waals surface area (Å²) in [6.07, 6.45) is 9.95. The quantitative estimate of drug-likeness (QED) is 0.478. The fraction of sp³-hybridized carbons (Fsp3) is 0.750. The molecule has 0 heterocycles. The molecule has 0 radical (unpaired) electrons. The van der Waals surface area contributed by atoms with Gasteiger partial charge in [-0.05, 0) is 79.1 Å². The summed E-state index contributed by atoms with van der Waals surface area (Å²) >= 11 is 0. The maximum absolute atomic E-state index is 14.4. The molecule has 200 valence electrons. The van der Waals surface area contributed by atoms with Crippen molar-refractivity contribution in [3.63, 3.8) is 0 Å². The number of carbonyl (C=O) groups excluding carboxylic acids is 3. The SMILES string of the molecule is CNC(=O)[C@]12CCC(C)(C)CC1C1C(=O)C=C3[C@@]4(C)C=C(C#N)C(=O)C(C)(C)[C@@H]4CC[C@@]3(C)[C@]1(C)CC2. The molecule has 0 aromatic carbocycles. The number of nitrogens with zero attached hydrogens (tertiary/aromatic N) is 1. The summed E-state index contributed by atoms with van der Waals surface area (Å²) in [4.78, 5) is 41.1. The van der Waals surface area contributed by atoms with Crippen LogP contribution in [0, 0.1) is 61.6 Å². The zero-order chi connectivity index (χ0) is 27.4. The number of hydrogen-bond donors (Lipinski definition) is 1. The molecule has 0 aromatic rings. The molecule has 5 heteroatoms. The molecule has 0 saturated heterocycles. The Balaban J connectivity index is 1.71. The van der Waals surface area contributed by atoms with Crippen LogP contribution in [-0.2, 0) is 14.4 Å². The molecule has 1 amide bonds. The Labute approximate surface area is 222 Å². The van der Waals surface area contributed by atoms with Crippen LogP contribution in [0.4, 0.5) is 0 Å². The number of Topliss-reactive ketones (excluding diaryl/α,β-unsaturated/α-hetero) is 1. The van der Waals surface area contributed by atoms with Crippen molar-refractivity contribution in [1.29, 1.82) is 5.26 Å². The number of carbonyl (C=O) groups is 3. The Morgan fingerprint density at radius 3 is 2.27 bits per heavy atom. The summed E-state index contributed by atoms with van der Waals surface area (Å²) in [6, 6.07) is 2.18. The van der Waals surface area contributed by atoms with Crippen LogP contribution in [0.3, 0.4) is 0 Å². The van der Waals surface area contributed by atoms with E-state index in [1.54, 1.807) is 7.05 Å². The van der Waals surface area contributed by atoms with Crippen LogP contribution in [-0.4, -0.2) is 24.5 Å². The van der Waals surface area contributed by atoms with Gasteiger partial charge in [0.15, 0.2) is 11.6 Å². The van der Waals surface area contributed by atoms with Gasteiger partial charge < -0.3 is 5.32 Å². The number of nitrogens with one attached hydrogen (secondary N) is 1. The number of fused-ring (bicyclic) bond motifs is 7. The van der Waals surface area contributed by atoms with Crippen LogP contribution in [0.2, 0.25) is 0 Å². The van der Waals surface area contributed by atoms with Crippen molar-refractivity contribution in [2.24, 2.45) is 50.2 Å². The topological polar surface area (TPSA) is 87.0 Å². The smallest absolute Gasteiger partial charge is 0.226 e. The Bertz CT molecular complexity index is 1200. The molecule has 5 nitrogen and oxygen atoms in total. The Morgan fingerprint density at radius 2 is 1.65 bits per heavy atom. The minimum Gasteiger partial charge on any atom is -0.359 e. The van der Waals surface area contributed by atoms with E-state index >= 15 is 0 Å². The molecule has 5 aliphatic rings. The summed E-state index contributed by atoms with van der Waals surface area (Å²) in [5.41, 5.74) is -0.787. The Morgan fingerprint density at radius 1 is 1.00 bits per heavy atom. The third-order valence-corrected chi connectivity index (χ3v) is 12.5. The second kappa shape index (κ2) is 7.67. The molecular weight excluding hydrogens is 460 g/mol. The lowest BCUT2D eigenvalue weighted by Gasteiger charge is -2.69. The Kier molecular flexibility index (Phi) is 5.47. The maximum atomic E-state index is 14.4. The zero-order valence-corrected chi connectivity index (χ0v) is 24.0. The van der Waals surface area contributed by atoms with Gasteiger partial charge in [0.1, 0.15) is 6.07 Å². The lowest BCUT2D eigenvalue weighted by molar-refractivity contribution is -0.178. The second-order valence-corrected chi connectivity index (χ2v) is 15.0. The maximum Gasteiger partial charge on any atom is 0.226 e. The highest BCUT2D eigenvalue weighted by Crippen LogP contribution is 2.74. The third kappa shape index (κ3) is 3.11. The largest absolute Gasteiger partial charge is 0.359 e. The van der Waals surface area contributed by atoms with Crippen LogP contribution in [0.1, 0.15) is 93.4 Å². The molecule has 0 aromatic heterocycles. The van der Waals surface area contributed by atoms with Crippen molar-refractivity contribution in [3.05, 3.63) is 23.3 Å². The first-order chi connectivity index (χ1) is 17.0. The average molecular weight is 505 g/mol. The molecule has 3 fully saturated rings. The van der Waals surface area contributed by atoms with Crippen LogP contribution >= 0.6 is 0 Å². The van der Waals surface area contributed by atoms with Gasteiger partial charge in [0, 0.05) is 23.8 Å². The van der Waals surface area contributed by atoms with Gasteiger partial charge in [0.25, 0.3) is 0 Å². The van der Waals surface area contributed by atoms with Crippen molar-refractivity contribution in [2.45, 2.75) is 93.4 Å². The van der Waals surface area contributed by atoms with Crippen LogP contribution < -0.4 is 5.32 Å². The second-order valence-electron chi connectivity index (χ2n) is 15.0. The van der Waals surface area contributed by atoms with Crippen molar-refractivity contribution < 1.29 is 14.4 Å². The van der Waals surface area contributed by atoms with E-state index in [1.807, 2.05) is 26.0 Å². The van der Waals surface area contributed by atoms with Crippen LogP contribution in [0.15, 0.2) is 23.3 Å². The van der Waals surface area contributed by atoms with Gasteiger partial charge in [0.05, 0.1) is 11.0 Å². The van der Waals surface area contributed by atoms with Gasteiger partial charge in [-0.15, -0.1) is 0 Å². The highest BCUT2D eigenvalue weighted by Gasteiger charge is 2.70. The van der Waals surface area contributed by atoms with Crippen molar-refractivity contribution in [3.8, 4) is 6.07 Å². The van der Waals surface area contributed by atoms with E-state index < -0.39 is 16.2 Å². The first kappa shape index (κ1) is 26.4. The molecule has 0 bridgehead atoms. The summed E-state index contributed by atoms with van der Waals surface area (Å²) in [6.45, 7) is 15.3. The summed E-state index contributed by atoms with van der Waals surface area (Å²) in [7, 11) is 1.73. The number of hydrogen-bond acceptors (Lipinski definition) is 4. The monoisotopic (exact) mass is 504 g/mol. The van der Waals surface area contributed by atoms with E-state index in [0.717, 1.165) is 50.5 Å². The highest BCUT2D eigenvalue weighted by molar-refractivity contribution is 6.04. The van der Waals surface area contributed by atoms with Crippen LogP contribution in [0.5, 0.6) is 0 Å². The molecule has 37 heavy (non-hydrogen) atoms. The lowest BCUT2D eigenvalue weighted by Crippen LogP contribution is -2.66. The van der Waals surface area contributed by atoms with E-state index in [9.17, 15) is 19.6 Å². The van der Waals surface area contributed by atoms with Gasteiger partial charge in [0.2, 0.25) is 5.91 Å². The van der Waals surface area contributed by atoms with E-state index in [4.69, 9.17) is 0 Å². The van der Waals surface area contributed by atoms with E-state index in [-0.39, 0.29) is 57.0 Å². The third-order valence-electron chi connectivity index (χ3n) is 12.5. The molecular formula is C32H44N2O3. The van der Waals surface area contributed by atoms with E-state index in [2.05, 4.69) is 46.0 Å². The molecule has 0 aliphatic heterocycles. The molecule has 3 saturated carbocycles. The first-order valence-corrected chi connectivity index (χ1v) is 14.2.